The summed E-state index contributed by atoms with van der Waals surface area (Å²) in [5, 5.41) is 20.7. The molecule has 0 unspecified atom stereocenters. The highest BCUT2D eigenvalue weighted by Gasteiger charge is 2.13. The van der Waals surface area contributed by atoms with Crippen molar-refractivity contribution in [3.8, 4) is 10.6 Å². The van der Waals surface area contributed by atoms with Gasteiger partial charge in [-0.3, -0.25) is 9.89 Å². The van der Waals surface area contributed by atoms with Crippen LogP contribution in [-0.2, 0) is 11.2 Å². The minimum atomic E-state index is -0.178. The molecule has 2 N–H and O–H groups in total. The fourth-order valence-corrected chi connectivity index (χ4v) is 3.43. The van der Waals surface area contributed by atoms with Gasteiger partial charge in [0.25, 0.3) is 0 Å². The molecule has 4 rings (SSSR count). The second-order valence-electron chi connectivity index (χ2n) is 5.37. The zero-order valence-electron chi connectivity index (χ0n) is 12.9. The van der Waals surface area contributed by atoms with Gasteiger partial charge in [-0.05, 0) is 18.2 Å². The topological polar surface area (TPSA) is 83.6 Å². The maximum absolute atomic E-state index is 12.3. The highest BCUT2D eigenvalue weighted by molar-refractivity contribution is 7.18. The predicted octanol–water partition coefficient (Wildman–Crippen LogP) is 3.92. The van der Waals surface area contributed by atoms with Crippen LogP contribution in [0.1, 0.15) is 5.69 Å². The molecule has 0 spiro atoms. The van der Waals surface area contributed by atoms with Crippen LogP contribution in [0, 0.1) is 0 Å². The standard InChI is InChI=1S/C17H12ClN5OS/c18-11-5-3-4-10(8-11)16-22-23-17(25-16)19-15(24)9-14-12-6-1-2-7-13(12)20-21-14/h1-8H,9H2,(H,20,21)(H,19,23,24). The van der Waals surface area contributed by atoms with Crippen molar-refractivity contribution in [3.63, 3.8) is 0 Å². The van der Waals surface area contributed by atoms with Crippen molar-refractivity contribution in [2.45, 2.75) is 6.42 Å². The van der Waals surface area contributed by atoms with E-state index in [0.29, 0.717) is 15.2 Å². The third kappa shape index (κ3) is 3.38. The molecule has 25 heavy (non-hydrogen) atoms. The lowest BCUT2D eigenvalue weighted by molar-refractivity contribution is -0.115. The fraction of sp³-hybridized carbons (Fsp3) is 0.0588. The average Bonchev–Trinajstić information content (AvgIpc) is 3.23. The number of halogens is 1. The summed E-state index contributed by atoms with van der Waals surface area (Å²) in [4.78, 5) is 12.3. The molecule has 0 aliphatic carbocycles. The zero-order valence-corrected chi connectivity index (χ0v) is 14.4. The molecule has 0 saturated carbocycles. The first-order valence-electron chi connectivity index (χ1n) is 7.50. The Morgan fingerprint density at radius 1 is 1.16 bits per heavy atom. The van der Waals surface area contributed by atoms with Gasteiger partial charge in [0, 0.05) is 16.0 Å². The smallest absolute Gasteiger partial charge is 0.232 e. The highest BCUT2D eigenvalue weighted by atomic mass is 35.5. The van der Waals surface area contributed by atoms with Gasteiger partial charge in [-0.15, -0.1) is 10.2 Å². The highest BCUT2D eigenvalue weighted by Crippen LogP contribution is 2.28. The molecular formula is C17H12ClN5OS. The predicted molar refractivity (Wildman–Crippen MR) is 98.8 cm³/mol. The second-order valence-corrected chi connectivity index (χ2v) is 6.78. The molecule has 1 amide bonds. The zero-order chi connectivity index (χ0) is 17.2. The number of carbonyl (C=O) groups is 1. The van der Waals surface area contributed by atoms with E-state index in [1.54, 1.807) is 6.07 Å². The molecule has 0 aliphatic rings. The number of benzene rings is 2. The van der Waals surface area contributed by atoms with E-state index in [1.165, 1.54) is 11.3 Å². The minimum Gasteiger partial charge on any atom is -0.300 e. The summed E-state index contributed by atoms with van der Waals surface area (Å²) in [6, 6.07) is 15.0. The van der Waals surface area contributed by atoms with Crippen LogP contribution in [0.2, 0.25) is 5.02 Å². The van der Waals surface area contributed by atoms with Gasteiger partial charge < -0.3 is 5.32 Å². The van der Waals surface area contributed by atoms with Gasteiger partial charge >= 0.3 is 0 Å². The Balaban J connectivity index is 1.48. The lowest BCUT2D eigenvalue weighted by Gasteiger charge is -1.99. The summed E-state index contributed by atoms with van der Waals surface area (Å²) in [7, 11) is 0. The van der Waals surface area contributed by atoms with Crippen molar-refractivity contribution in [1.82, 2.24) is 20.4 Å². The van der Waals surface area contributed by atoms with Crippen LogP contribution in [0.4, 0.5) is 5.13 Å². The molecule has 0 bridgehead atoms. The largest absolute Gasteiger partial charge is 0.300 e. The number of rotatable bonds is 4. The molecule has 2 aromatic carbocycles. The van der Waals surface area contributed by atoms with Gasteiger partial charge in [0.1, 0.15) is 5.01 Å². The number of aromatic nitrogens is 4. The van der Waals surface area contributed by atoms with E-state index >= 15 is 0 Å². The Bertz CT molecular complexity index is 1060. The molecule has 0 fully saturated rings. The molecule has 2 aromatic heterocycles. The summed E-state index contributed by atoms with van der Waals surface area (Å²) in [6.07, 6.45) is 0.187. The first-order valence-corrected chi connectivity index (χ1v) is 8.70. The van der Waals surface area contributed by atoms with Crippen LogP contribution in [-0.4, -0.2) is 26.3 Å². The van der Waals surface area contributed by atoms with E-state index in [9.17, 15) is 4.79 Å². The molecule has 0 atom stereocenters. The number of para-hydroxylation sites is 1. The monoisotopic (exact) mass is 369 g/mol. The number of aromatic amines is 1. The summed E-state index contributed by atoms with van der Waals surface area (Å²) in [6.45, 7) is 0. The number of anilines is 1. The fourth-order valence-electron chi connectivity index (χ4n) is 2.48. The number of carbonyl (C=O) groups excluding carboxylic acids is 1. The van der Waals surface area contributed by atoms with E-state index in [1.807, 2.05) is 42.5 Å². The Labute approximate surface area is 151 Å². The van der Waals surface area contributed by atoms with Crippen LogP contribution in [0.15, 0.2) is 48.5 Å². The van der Waals surface area contributed by atoms with Crippen LogP contribution in [0.5, 0.6) is 0 Å². The number of hydrogen-bond acceptors (Lipinski definition) is 5. The molecule has 6 nitrogen and oxygen atoms in total. The quantitative estimate of drug-likeness (QED) is 0.571. The second kappa shape index (κ2) is 6.62. The molecule has 124 valence electrons. The van der Waals surface area contributed by atoms with Gasteiger partial charge in [0.05, 0.1) is 17.6 Å². The third-order valence-corrected chi connectivity index (χ3v) is 4.74. The van der Waals surface area contributed by atoms with Crippen molar-refractivity contribution in [2.24, 2.45) is 0 Å². The van der Waals surface area contributed by atoms with Crippen molar-refractivity contribution < 1.29 is 4.79 Å². The Kier molecular flexibility index (Phi) is 4.17. The first kappa shape index (κ1) is 15.7. The summed E-state index contributed by atoms with van der Waals surface area (Å²) >= 11 is 7.29. The number of H-pyrrole nitrogens is 1. The number of nitrogens with one attached hydrogen (secondary N) is 2. The van der Waals surface area contributed by atoms with Crippen LogP contribution in [0.3, 0.4) is 0 Å². The molecule has 0 saturated heterocycles. The van der Waals surface area contributed by atoms with E-state index < -0.39 is 0 Å². The lowest BCUT2D eigenvalue weighted by Crippen LogP contribution is -2.14. The van der Waals surface area contributed by atoms with E-state index in [2.05, 4.69) is 25.7 Å². The van der Waals surface area contributed by atoms with Crippen LogP contribution < -0.4 is 5.32 Å². The molecule has 0 aliphatic heterocycles. The van der Waals surface area contributed by atoms with E-state index in [4.69, 9.17) is 11.6 Å². The average molecular weight is 370 g/mol. The van der Waals surface area contributed by atoms with E-state index in [-0.39, 0.29) is 12.3 Å². The maximum Gasteiger partial charge on any atom is 0.232 e. The Hall–Kier alpha value is -2.77. The SMILES string of the molecule is O=C(Cc1[nH]nc2ccccc12)Nc1nnc(-c2cccc(Cl)c2)s1. The first-order chi connectivity index (χ1) is 12.2. The van der Waals surface area contributed by atoms with Gasteiger partial charge in [-0.1, -0.05) is 53.3 Å². The third-order valence-electron chi connectivity index (χ3n) is 3.62. The molecular weight excluding hydrogens is 358 g/mol. The van der Waals surface area contributed by atoms with Crippen molar-refractivity contribution >= 4 is 44.9 Å². The molecule has 2 heterocycles. The lowest BCUT2D eigenvalue weighted by atomic mass is 10.1. The van der Waals surface area contributed by atoms with Crippen LogP contribution in [0.25, 0.3) is 21.5 Å². The number of nitrogens with zero attached hydrogens (tertiary/aromatic N) is 3. The van der Waals surface area contributed by atoms with Crippen LogP contribution >= 0.6 is 22.9 Å². The number of amides is 1. The maximum atomic E-state index is 12.3. The summed E-state index contributed by atoms with van der Waals surface area (Å²) in [5.41, 5.74) is 2.47. The van der Waals surface area contributed by atoms with Gasteiger partial charge in [0.2, 0.25) is 11.0 Å². The van der Waals surface area contributed by atoms with E-state index in [0.717, 1.165) is 22.2 Å². The summed E-state index contributed by atoms with van der Waals surface area (Å²) in [5.74, 6) is -0.178. The molecule has 8 heteroatoms. The van der Waals surface area contributed by atoms with Gasteiger partial charge in [-0.25, -0.2) is 0 Å². The molecule has 4 aromatic rings. The van der Waals surface area contributed by atoms with Gasteiger partial charge in [-0.2, -0.15) is 5.10 Å². The number of hydrogen-bond donors (Lipinski definition) is 2. The number of fused-ring (bicyclic) bond motifs is 1. The summed E-state index contributed by atoms with van der Waals surface area (Å²) < 4.78 is 0. The Morgan fingerprint density at radius 2 is 2.04 bits per heavy atom. The van der Waals surface area contributed by atoms with Crippen molar-refractivity contribution in [1.29, 1.82) is 0 Å². The van der Waals surface area contributed by atoms with Crippen molar-refractivity contribution in [3.05, 3.63) is 59.2 Å². The van der Waals surface area contributed by atoms with Gasteiger partial charge in [0.15, 0.2) is 0 Å². The normalized spacial score (nSPS) is 10.9. The minimum absolute atomic E-state index is 0.178. The van der Waals surface area contributed by atoms with Crippen molar-refractivity contribution in [2.75, 3.05) is 5.32 Å². The molecule has 0 radical (unpaired) electrons. The Morgan fingerprint density at radius 3 is 2.92 bits per heavy atom.